The van der Waals surface area contributed by atoms with E-state index in [1.807, 2.05) is 26.0 Å². The van der Waals surface area contributed by atoms with E-state index in [0.29, 0.717) is 5.56 Å². The van der Waals surface area contributed by atoms with Crippen LogP contribution >= 0.6 is 0 Å². The molecule has 0 radical (unpaired) electrons. The Bertz CT molecular complexity index is 384. The summed E-state index contributed by atoms with van der Waals surface area (Å²) in [6.45, 7) is 5.55. The molecular formula is C13H17NO2. The maximum atomic E-state index is 11.9. The lowest BCUT2D eigenvalue weighted by Gasteiger charge is -2.23. The number of hydrogen-bond acceptors (Lipinski definition) is 2. The summed E-state index contributed by atoms with van der Waals surface area (Å²) in [5.74, 6) is -0.380. The number of carbonyl (C=O) groups is 1. The Kier molecular flexibility index (Phi) is 4.26. The van der Waals surface area contributed by atoms with Gasteiger partial charge in [0.25, 0.3) is 5.91 Å². The number of benzene rings is 1. The zero-order valence-electron chi connectivity index (χ0n) is 9.84. The van der Waals surface area contributed by atoms with Gasteiger partial charge >= 0.3 is 0 Å². The van der Waals surface area contributed by atoms with Crippen LogP contribution < -0.4 is 0 Å². The average molecular weight is 219 g/mol. The van der Waals surface area contributed by atoms with Crippen LogP contribution in [0, 0.1) is 0 Å². The lowest BCUT2D eigenvalue weighted by atomic mass is 10.1. The molecule has 0 aliphatic heterocycles. The highest BCUT2D eigenvalue weighted by atomic mass is 16.5. The van der Waals surface area contributed by atoms with Gasteiger partial charge in [-0.15, -0.1) is 0 Å². The van der Waals surface area contributed by atoms with Crippen LogP contribution in [0.1, 0.15) is 31.1 Å². The lowest BCUT2D eigenvalue weighted by Crippen LogP contribution is -2.36. The van der Waals surface area contributed by atoms with Crippen LogP contribution in [0.15, 0.2) is 42.0 Å². The normalized spacial score (nSPS) is 13.4. The van der Waals surface area contributed by atoms with E-state index < -0.39 is 0 Å². The average Bonchev–Trinajstić information content (AvgIpc) is 2.36. The molecule has 1 rings (SSSR count). The van der Waals surface area contributed by atoms with Crippen LogP contribution in [0.3, 0.4) is 0 Å². The second-order valence-corrected chi connectivity index (χ2v) is 3.72. The van der Waals surface area contributed by atoms with E-state index >= 15 is 0 Å². The number of nitrogens with zero attached hydrogens (tertiary/aromatic N) is 1. The minimum Gasteiger partial charge on any atom is -0.285 e. The molecule has 0 fully saturated rings. The third-order valence-corrected chi connectivity index (χ3v) is 2.71. The van der Waals surface area contributed by atoms with Gasteiger partial charge in [0.15, 0.2) is 0 Å². The molecule has 1 unspecified atom stereocenters. The minimum atomic E-state index is -0.380. The lowest BCUT2D eigenvalue weighted by molar-refractivity contribution is -0.0751. The largest absolute Gasteiger partial charge is 0.285 e. The van der Waals surface area contributed by atoms with Gasteiger partial charge in [0.1, 0.15) is 0 Å². The van der Waals surface area contributed by atoms with Gasteiger partial charge in [0, 0.05) is 5.56 Å². The first kappa shape index (κ1) is 12.5. The molecule has 0 aromatic heterocycles. The summed E-state index contributed by atoms with van der Waals surface area (Å²) in [7, 11) is 0. The van der Waals surface area contributed by atoms with Gasteiger partial charge in [0.05, 0.1) is 6.04 Å². The Hall–Kier alpha value is -1.61. The first-order valence-corrected chi connectivity index (χ1v) is 5.28. The van der Waals surface area contributed by atoms with E-state index in [0.717, 1.165) is 10.6 Å². The Morgan fingerprint density at radius 1 is 1.38 bits per heavy atom. The van der Waals surface area contributed by atoms with Crippen molar-refractivity contribution in [2.24, 2.45) is 0 Å². The predicted molar refractivity (Wildman–Crippen MR) is 63.3 cm³/mol. The van der Waals surface area contributed by atoms with Gasteiger partial charge in [-0.1, -0.05) is 29.8 Å². The molecule has 1 amide bonds. The monoisotopic (exact) mass is 219 g/mol. The highest BCUT2D eigenvalue weighted by Crippen LogP contribution is 2.11. The van der Waals surface area contributed by atoms with Gasteiger partial charge in [-0.05, 0) is 32.9 Å². The molecule has 86 valence electrons. The van der Waals surface area contributed by atoms with Crippen LogP contribution in [0.4, 0.5) is 0 Å². The van der Waals surface area contributed by atoms with Crippen molar-refractivity contribution in [3.63, 3.8) is 0 Å². The van der Waals surface area contributed by atoms with E-state index in [1.165, 1.54) is 0 Å². The number of hydrogen-bond donors (Lipinski definition) is 1. The first-order valence-electron chi connectivity index (χ1n) is 5.28. The van der Waals surface area contributed by atoms with Crippen molar-refractivity contribution in [1.82, 2.24) is 5.06 Å². The number of hydroxylamine groups is 2. The van der Waals surface area contributed by atoms with Crippen molar-refractivity contribution < 1.29 is 10.0 Å². The summed E-state index contributed by atoms with van der Waals surface area (Å²) in [4.78, 5) is 11.9. The third kappa shape index (κ3) is 2.70. The molecule has 1 atom stereocenters. The van der Waals surface area contributed by atoms with Crippen LogP contribution in [-0.4, -0.2) is 22.2 Å². The standard InChI is InChI=1S/C13H17NO2/c1-4-10(2)11(3)14(16)13(15)12-8-6-5-7-9-12/h4-9,11,16H,1-3H3/b10-4+. The van der Waals surface area contributed by atoms with E-state index in [9.17, 15) is 10.0 Å². The smallest absolute Gasteiger partial charge is 0.277 e. The van der Waals surface area contributed by atoms with E-state index in [1.54, 1.807) is 31.2 Å². The number of allylic oxidation sites excluding steroid dienone is 1. The Labute approximate surface area is 96.0 Å². The fourth-order valence-electron chi connectivity index (χ4n) is 1.32. The summed E-state index contributed by atoms with van der Waals surface area (Å²) in [5, 5.41) is 10.6. The van der Waals surface area contributed by atoms with Crippen molar-refractivity contribution >= 4 is 5.91 Å². The Balaban J connectivity index is 2.83. The summed E-state index contributed by atoms with van der Waals surface area (Å²) in [5.41, 5.74) is 1.44. The fourth-order valence-corrected chi connectivity index (χ4v) is 1.32. The minimum absolute atomic E-state index is 0.308. The summed E-state index contributed by atoms with van der Waals surface area (Å²) in [6, 6.07) is 8.44. The van der Waals surface area contributed by atoms with Gasteiger partial charge in [0.2, 0.25) is 0 Å². The van der Waals surface area contributed by atoms with Crippen LogP contribution in [0.2, 0.25) is 0 Å². The van der Waals surface area contributed by atoms with Crippen LogP contribution in [-0.2, 0) is 0 Å². The van der Waals surface area contributed by atoms with Crippen LogP contribution in [0.5, 0.6) is 0 Å². The molecule has 1 N–H and O–H groups in total. The summed E-state index contributed by atoms with van der Waals surface area (Å²) >= 11 is 0. The highest BCUT2D eigenvalue weighted by molar-refractivity contribution is 5.93. The second-order valence-electron chi connectivity index (χ2n) is 3.72. The number of rotatable bonds is 3. The fraction of sp³-hybridized carbons (Fsp3) is 0.308. The quantitative estimate of drug-likeness (QED) is 0.482. The molecule has 1 aromatic carbocycles. The van der Waals surface area contributed by atoms with Gasteiger partial charge in [-0.3, -0.25) is 10.0 Å². The molecule has 0 aliphatic rings. The third-order valence-electron chi connectivity index (χ3n) is 2.71. The second kappa shape index (κ2) is 5.47. The molecule has 0 saturated heterocycles. The number of carbonyl (C=O) groups excluding carboxylic acids is 1. The Morgan fingerprint density at radius 2 is 1.94 bits per heavy atom. The van der Waals surface area contributed by atoms with Crippen molar-refractivity contribution in [3.05, 3.63) is 47.5 Å². The van der Waals surface area contributed by atoms with Crippen molar-refractivity contribution in [2.75, 3.05) is 0 Å². The molecule has 0 heterocycles. The van der Waals surface area contributed by atoms with Gasteiger partial charge in [-0.25, -0.2) is 5.06 Å². The van der Waals surface area contributed by atoms with Crippen molar-refractivity contribution in [3.8, 4) is 0 Å². The number of amides is 1. The summed E-state index contributed by atoms with van der Waals surface area (Å²) in [6.07, 6.45) is 1.88. The first-order chi connectivity index (χ1) is 7.57. The Morgan fingerprint density at radius 3 is 2.44 bits per heavy atom. The predicted octanol–water partition coefficient (Wildman–Crippen LogP) is 2.87. The van der Waals surface area contributed by atoms with E-state index in [4.69, 9.17) is 0 Å². The molecule has 16 heavy (non-hydrogen) atoms. The SMILES string of the molecule is C/C=C(\C)C(C)N(O)C(=O)c1ccccc1. The maximum absolute atomic E-state index is 11.9. The molecule has 0 aliphatic carbocycles. The zero-order chi connectivity index (χ0) is 12.1. The maximum Gasteiger partial charge on any atom is 0.277 e. The van der Waals surface area contributed by atoms with Crippen molar-refractivity contribution in [1.29, 1.82) is 0 Å². The molecule has 0 saturated carbocycles. The molecule has 0 bridgehead atoms. The van der Waals surface area contributed by atoms with Gasteiger partial charge in [-0.2, -0.15) is 0 Å². The molecule has 1 aromatic rings. The molecular weight excluding hydrogens is 202 g/mol. The van der Waals surface area contributed by atoms with Gasteiger partial charge < -0.3 is 0 Å². The zero-order valence-corrected chi connectivity index (χ0v) is 9.84. The summed E-state index contributed by atoms with van der Waals surface area (Å²) < 4.78 is 0. The van der Waals surface area contributed by atoms with E-state index in [-0.39, 0.29) is 11.9 Å². The highest BCUT2D eigenvalue weighted by Gasteiger charge is 2.20. The van der Waals surface area contributed by atoms with Crippen LogP contribution in [0.25, 0.3) is 0 Å². The molecule has 3 heteroatoms. The topological polar surface area (TPSA) is 40.5 Å². The van der Waals surface area contributed by atoms with E-state index in [2.05, 4.69) is 0 Å². The van der Waals surface area contributed by atoms with Crippen molar-refractivity contribution in [2.45, 2.75) is 26.8 Å². The molecule has 0 spiro atoms. The molecule has 3 nitrogen and oxygen atoms in total.